The lowest BCUT2D eigenvalue weighted by Crippen LogP contribution is -2.31. The smallest absolute Gasteiger partial charge is 0.268 e. The fourth-order valence-electron chi connectivity index (χ4n) is 3.61. The Hall–Kier alpha value is -2.93. The predicted molar refractivity (Wildman–Crippen MR) is 126 cm³/mol. The second-order valence-corrected chi connectivity index (χ2v) is 10.5. The molecule has 0 bridgehead atoms. The Bertz CT molecular complexity index is 1180. The molecule has 0 saturated carbocycles. The van der Waals surface area contributed by atoms with Crippen molar-refractivity contribution in [2.45, 2.75) is 47.6 Å². The predicted octanol–water partition coefficient (Wildman–Crippen LogP) is 4.18. The minimum Gasteiger partial charge on any atom is -0.352 e. The van der Waals surface area contributed by atoms with Gasteiger partial charge >= 0.3 is 0 Å². The number of carbonyl (C=O) groups is 2. The Morgan fingerprint density at radius 2 is 1.66 bits per heavy atom. The molecule has 0 spiro atoms. The van der Waals surface area contributed by atoms with Crippen molar-refractivity contribution in [3.63, 3.8) is 0 Å². The number of benzene rings is 2. The highest BCUT2D eigenvalue weighted by Gasteiger charge is 2.42. The summed E-state index contributed by atoms with van der Waals surface area (Å²) in [6.07, 6.45) is 0.897. The molecule has 0 aliphatic carbocycles. The van der Waals surface area contributed by atoms with Gasteiger partial charge in [-0.2, -0.15) is 0 Å². The van der Waals surface area contributed by atoms with Crippen molar-refractivity contribution in [1.82, 2.24) is 9.62 Å². The van der Waals surface area contributed by atoms with Gasteiger partial charge in [-0.05, 0) is 67.5 Å². The topological polar surface area (TPSA) is 83.6 Å². The van der Waals surface area contributed by atoms with E-state index in [4.69, 9.17) is 0 Å². The quantitative estimate of drug-likeness (QED) is 0.680. The molecule has 0 radical (unpaired) electrons. The van der Waals surface area contributed by atoms with Crippen molar-refractivity contribution in [3.05, 3.63) is 75.9 Å². The Kier molecular flexibility index (Phi) is 6.88. The Labute approximate surface area is 190 Å². The first kappa shape index (κ1) is 23.7. The summed E-state index contributed by atoms with van der Waals surface area (Å²) in [6.45, 7) is 10.1. The average Bonchev–Trinajstić information content (AvgIpc) is 2.89. The van der Waals surface area contributed by atoms with Gasteiger partial charge in [0, 0.05) is 17.7 Å². The summed E-state index contributed by atoms with van der Waals surface area (Å²) in [7, 11) is -3.97. The van der Waals surface area contributed by atoms with E-state index in [0.717, 1.165) is 21.9 Å². The van der Waals surface area contributed by atoms with Gasteiger partial charge in [-0.25, -0.2) is 12.7 Å². The summed E-state index contributed by atoms with van der Waals surface area (Å²) >= 11 is 0. The molecule has 1 aliphatic heterocycles. The zero-order chi connectivity index (χ0) is 23.6. The van der Waals surface area contributed by atoms with Crippen molar-refractivity contribution in [3.8, 4) is 0 Å². The van der Waals surface area contributed by atoms with Crippen LogP contribution in [0.4, 0.5) is 0 Å². The third-order valence-electron chi connectivity index (χ3n) is 5.75. The number of hydrogen-bond acceptors (Lipinski definition) is 4. The number of hydrogen-bond donors (Lipinski definition) is 1. The van der Waals surface area contributed by atoms with Gasteiger partial charge in [0.05, 0.1) is 6.54 Å². The van der Waals surface area contributed by atoms with Gasteiger partial charge in [0.1, 0.15) is 4.91 Å². The van der Waals surface area contributed by atoms with Crippen molar-refractivity contribution >= 4 is 26.7 Å². The molecule has 0 aromatic heterocycles. The lowest BCUT2D eigenvalue weighted by molar-refractivity contribution is -0.122. The van der Waals surface area contributed by atoms with Gasteiger partial charge in [0.2, 0.25) is 0 Å². The second kappa shape index (κ2) is 9.28. The zero-order valence-electron chi connectivity index (χ0n) is 19.2. The Balaban J connectivity index is 1.78. The Morgan fingerprint density at radius 3 is 2.25 bits per heavy atom. The summed E-state index contributed by atoms with van der Waals surface area (Å²) in [5.41, 5.74) is 3.89. The maximum absolute atomic E-state index is 13.2. The highest BCUT2D eigenvalue weighted by molar-refractivity contribution is 7.99. The average molecular weight is 455 g/mol. The van der Waals surface area contributed by atoms with Crippen LogP contribution in [0.3, 0.4) is 0 Å². The fraction of sp³-hybridized carbons (Fsp3) is 0.360. The maximum Gasteiger partial charge on any atom is 0.268 e. The third-order valence-corrected chi connectivity index (χ3v) is 7.69. The molecule has 6 nitrogen and oxygen atoms in total. The van der Waals surface area contributed by atoms with Gasteiger partial charge in [-0.3, -0.25) is 9.59 Å². The van der Waals surface area contributed by atoms with E-state index in [2.05, 4.69) is 19.2 Å². The van der Waals surface area contributed by atoms with E-state index in [0.29, 0.717) is 29.2 Å². The molecule has 1 heterocycles. The highest BCUT2D eigenvalue weighted by atomic mass is 32.2. The van der Waals surface area contributed by atoms with E-state index in [9.17, 15) is 18.0 Å². The van der Waals surface area contributed by atoms with Gasteiger partial charge < -0.3 is 5.32 Å². The van der Waals surface area contributed by atoms with Crippen molar-refractivity contribution in [1.29, 1.82) is 0 Å². The number of sulfonamides is 1. The molecule has 2 aromatic rings. The number of carbonyl (C=O) groups excluding carboxylic acids is 2. The van der Waals surface area contributed by atoms with Crippen LogP contribution in [0.15, 0.2) is 48.0 Å². The summed E-state index contributed by atoms with van der Waals surface area (Å²) < 4.78 is 27.4. The molecule has 7 heteroatoms. The van der Waals surface area contributed by atoms with Gasteiger partial charge in [0.25, 0.3) is 21.8 Å². The minimum atomic E-state index is -3.97. The fourth-order valence-corrected chi connectivity index (χ4v) is 5.40. The molecule has 170 valence electrons. The number of rotatable bonds is 7. The lowest BCUT2D eigenvalue weighted by atomic mass is 10.0. The van der Waals surface area contributed by atoms with Gasteiger partial charge in [-0.1, -0.05) is 44.2 Å². The van der Waals surface area contributed by atoms with Crippen molar-refractivity contribution in [2.24, 2.45) is 5.92 Å². The van der Waals surface area contributed by atoms with Crippen LogP contribution in [0.5, 0.6) is 0 Å². The van der Waals surface area contributed by atoms with Crippen LogP contribution in [0.2, 0.25) is 0 Å². The molecule has 0 atom stereocenters. The SMILES string of the molecule is CC1=C(c2ccc(C)c(C)c2)S(=O)(=O)N(Cc2ccc(C(=O)NCCC(C)C)cc2)C1=O. The van der Waals surface area contributed by atoms with E-state index in [1.807, 2.05) is 19.9 Å². The maximum atomic E-state index is 13.2. The molecular weight excluding hydrogens is 424 g/mol. The first-order valence-corrected chi connectivity index (χ1v) is 12.2. The van der Waals surface area contributed by atoms with E-state index in [-0.39, 0.29) is 22.9 Å². The van der Waals surface area contributed by atoms with Crippen LogP contribution >= 0.6 is 0 Å². The summed E-state index contributed by atoms with van der Waals surface area (Å²) in [6, 6.07) is 12.1. The highest BCUT2D eigenvalue weighted by Crippen LogP contribution is 2.37. The van der Waals surface area contributed by atoms with Crippen molar-refractivity contribution < 1.29 is 18.0 Å². The molecule has 1 aliphatic rings. The second-order valence-electron chi connectivity index (χ2n) is 8.71. The van der Waals surface area contributed by atoms with Crippen LogP contribution in [0.1, 0.15) is 59.8 Å². The van der Waals surface area contributed by atoms with Crippen molar-refractivity contribution in [2.75, 3.05) is 6.54 Å². The van der Waals surface area contributed by atoms with Crippen LogP contribution in [-0.4, -0.2) is 31.1 Å². The summed E-state index contributed by atoms with van der Waals surface area (Å²) in [5, 5.41) is 2.88. The first-order valence-electron chi connectivity index (χ1n) is 10.7. The first-order chi connectivity index (χ1) is 15.0. The van der Waals surface area contributed by atoms with Crippen LogP contribution in [-0.2, 0) is 21.4 Å². The lowest BCUT2D eigenvalue weighted by Gasteiger charge is -2.17. The number of amides is 2. The van der Waals surface area contributed by atoms with Crippen LogP contribution in [0, 0.1) is 19.8 Å². The summed E-state index contributed by atoms with van der Waals surface area (Å²) in [4.78, 5) is 25.1. The normalized spacial score (nSPS) is 15.6. The zero-order valence-corrected chi connectivity index (χ0v) is 20.0. The van der Waals surface area contributed by atoms with Crippen LogP contribution < -0.4 is 5.32 Å². The van der Waals surface area contributed by atoms with E-state index < -0.39 is 15.9 Å². The molecule has 1 N–H and O–H groups in total. The van der Waals surface area contributed by atoms with Crippen LogP contribution in [0.25, 0.3) is 4.91 Å². The molecule has 2 aromatic carbocycles. The minimum absolute atomic E-state index is 0.0618. The largest absolute Gasteiger partial charge is 0.352 e. The number of nitrogens with zero attached hydrogens (tertiary/aromatic N) is 1. The Morgan fingerprint density at radius 1 is 1.00 bits per heavy atom. The third kappa shape index (κ3) is 4.78. The van der Waals surface area contributed by atoms with Gasteiger partial charge in [0.15, 0.2) is 0 Å². The molecular formula is C25H30N2O4S. The number of nitrogens with one attached hydrogen (secondary N) is 1. The molecule has 0 saturated heterocycles. The monoisotopic (exact) mass is 454 g/mol. The number of aryl methyl sites for hydroxylation is 2. The van der Waals surface area contributed by atoms with E-state index in [1.54, 1.807) is 43.3 Å². The molecule has 0 fully saturated rings. The van der Waals surface area contributed by atoms with E-state index >= 15 is 0 Å². The molecule has 0 unspecified atom stereocenters. The molecule has 3 rings (SSSR count). The standard InChI is InChI=1S/C25H30N2O4S/c1-16(2)12-13-26-24(28)21-10-7-20(8-11-21)15-27-25(29)19(5)23(32(27,30)31)22-9-6-17(3)18(4)14-22/h6-11,14,16H,12-13,15H2,1-5H3,(H,26,28). The van der Waals surface area contributed by atoms with E-state index in [1.165, 1.54) is 0 Å². The molecule has 32 heavy (non-hydrogen) atoms. The van der Waals surface area contributed by atoms with Gasteiger partial charge in [-0.15, -0.1) is 0 Å². The molecule has 2 amide bonds. The summed E-state index contributed by atoms with van der Waals surface area (Å²) in [5.74, 6) is -0.186.